The van der Waals surface area contributed by atoms with Gasteiger partial charge in [0.1, 0.15) is 0 Å². The molecule has 0 aliphatic heterocycles. The van der Waals surface area contributed by atoms with Crippen LogP contribution in [-0.2, 0) is 0 Å². The molecule has 0 saturated heterocycles. The van der Waals surface area contributed by atoms with Gasteiger partial charge < -0.3 is 5.32 Å². The Morgan fingerprint density at radius 1 is 1.00 bits per heavy atom. The van der Waals surface area contributed by atoms with E-state index < -0.39 is 0 Å². The van der Waals surface area contributed by atoms with Crippen molar-refractivity contribution in [1.29, 1.82) is 0 Å². The highest BCUT2D eigenvalue weighted by Gasteiger charge is 2.10. The Morgan fingerprint density at radius 2 is 1.75 bits per heavy atom. The topological polar surface area (TPSA) is 37.8 Å². The second kappa shape index (κ2) is 5.70. The van der Waals surface area contributed by atoms with Gasteiger partial charge in [0.2, 0.25) is 0 Å². The zero-order valence-corrected chi connectivity index (χ0v) is 11.5. The van der Waals surface area contributed by atoms with Gasteiger partial charge in [0.15, 0.2) is 0 Å². The first-order chi connectivity index (χ1) is 9.88. The average molecular weight is 263 g/mol. The van der Waals surface area contributed by atoms with Crippen LogP contribution in [0.3, 0.4) is 0 Å². The van der Waals surface area contributed by atoms with Crippen molar-refractivity contribution in [2.24, 2.45) is 0 Å². The molecule has 0 radical (unpaired) electrons. The molecule has 1 unspecified atom stereocenters. The predicted octanol–water partition coefficient (Wildman–Crippen LogP) is 4.19. The first-order valence-electron chi connectivity index (χ1n) is 6.90. The zero-order valence-electron chi connectivity index (χ0n) is 11.5. The van der Waals surface area contributed by atoms with Crippen LogP contribution < -0.4 is 5.32 Å². The summed E-state index contributed by atoms with van der Waals surface area (Å²) in [5, 5.41) is 12.9. The number of nitrogens with zero attached hydrogens (tertiary/aromatic N) is 2. The summed E-state index contributed by atoms with van der Waals surface area (Å²) < 4.78 is 0. The van der Waals surface area contributed by atoms with E-state index in [-0.39, 0.29) is 6.04 Å². The van der Waals surface area contributed by atoms with Crippen molar-refractivity contribution in [3.8, 4) is 0 Å². The lowest BCUT2D eigenvalue weighted by Gasteiger charge is -2.19. The fourth-order valence-corrected chi connectivity index (χ4v) is 2.42. The predicted molar refractivity (Wildman–Crippen MR) is 82.6 cm³/mol. The molecule has 100 valence electrons. The number of benzene rings is 2. The summed E-state index contributed by atoms with van der Waals surface area (Å²) in [6.07, 6.45) is 2.81. The maximum Gasteiger partial charge on any atom is 0.0950 e. The monoisotopic (exact) mass is 263 g/mol. The van der Waals surface area contributed by atoms with E-state index in [1.54, 1.807) is 6.20 Å². The number of anilines is 1. The molecule has 2 aromatic carbocycles. The average Bonchev–Trinajstić information content (AvgIpc) is 2.53. The Morgan fingerprint density at radius 3 is 2.55 bits per heavy atom. The molecule has 20 heavy (non-hydrogen) atoms. The van der Waals surface area contributed by atoms with E-state index in [0.29, 0.717) is 0 Å². The molecule has 1 atom stereocenters. The number of rotatable bonds is 4. The minimum absolute atomic E-state index is 0.281. The highest BCUT2D eigenvalue weighted by atomic mass is 15.1. The fraction of sp³-hybridized carbons (Fsp3) is 0.176. The van der Waals surface area contributed by atoms with Gasteiger partial charge in [-0.3, -0.25) is 0 Å². The minimum atomic E-state index is 0.281. The standard InChI is InChI=1S/C17H17N3/c1-2-15(13-8-4-3-5-9-13)19-17-12-18-20-16-11-7-6-10-14(16)17/h3-12,15H,2H2,1H3,(H,19,20). The Kier molecular flexibility index (Phi) is 3.59. The first kappa shape index (κ1) is 12.6. The Balaban J connectivity index is 1.96. The molecule has 0 amide bonds. The molecular weight excluding hydrogens is 246 g/mol. The summed E-state index contributed by atoms with van der Waals surface area (Å²) in [7, 11) is 0. The third kappa shape index (κ3) is 2.48. The number of aromatic nitrogens is 2. The van der Waals surface area contributed by atoms with E-state index in [1.165, 1.54) is 5.56 Å². The second-order valence-electron chi connectivity index (χ2n) is 4.79. The van der Waals surface area contributed by atoms with Crippen LogP contribution in [0.4, 0.5) is 5.69 Å². The SMILES string of the molecule is CCC(Nc1cnnc2ccccc12)c1ccccc1. The van der Waals surface area contributed by atoms with Crippen molar-refractivity contribution < 1.29 is 0 Å². The summed E-state index contributed by atoms with van der Waals surface area (Å²) >= 11 is 0. The summed E-state index contributed by atoms with van der Waals surface area (Å²) in [5.41, 5.74) is 3.24. The van der Waals surface area contributed by atoms with E-state index >= 15 is 0 Å². The van der Waals surface area contributed by atoms with Crippen molar-refractivity contribution in [3.63, 3.8) is 0 Å². The quantitative estimate of drug-likeness (QED) is 0.766. The fourth-order valence-electron chi connectivity index (χ4n) is 2.42. The summed E-state index contributed by atoms with van der Waals surface area (Å²) in [6.45, 7) is 2.18. The van der Waals surface area contributed by atoms with Gasteiger partial charge in [0.25, 0.3) is 0 Å². The van der Waals surface area contributed by atoms with Crippen molar-refractivity contribution in [2.45, 2.75) is 19.4 Å². The van der Waals surface area contributed by atoms with Crippen LogP contribution in [0.25, 0.3) is 10.9 Å². The number of nitrogens with one attached hydrogen (secondary N) is 1. The number of fused-ring (bicyclic) bond motifs is 1. The molecule has 0 saturated carbocycles. The van der Waals surface area contributed by atoms with Crippen LogP contribution in [-0.4, -0.2) is 10.2 Å². The smallest absolute Gasteiger partial charge is 0.0950 e. The Hall–Kier alpha value is -2.42. The molecular formula is C17H17N3. The van der Waals surface area contributed by atoms with Crippen LogP contribution in [0.15, 0.2) is 60.8 Å². The van der Waals surface area contributed by atoms with Crippen LogP contribution >= 0.6 is 0 Å². The van der Waals surface area contributed by atoms with Gasteiger partial charge in [-0.1, -0.05) is 55.5 Å². The lowest BCUT2D eigenvalue weighted by Crippen LogP contribution is -2.10. The third-order valence-electron chi connectivity index (χ3n) is 3.49. The third-order valence-corrected chi connectivity index (χ3v) is 3.49. The van der Waals surface area contributed by atoms with Gasteiger partial charge in [-0.05, 0) is 18.1 Å². The Bertz CT molecular complexity index is 689. The summed E-state index contributed by atoms with van der Waals surface area (Å²) in [6, 6.07) is 18.8. The molecule has 0 aliphatic rings. The molecule has 1 N–H and O–H groups in total. The molecule has 3 aromatic rings. The summed E-state index contributed by atoms with van der Waals surface area (Å²) in [4.78, 5) is 0. The lowest BCUT2D eigenvalue weighted by molar-refractivity contribution is 0.749. The molecule has 0 aliphatic carbocycles. The summed E-state index contributed by atoms with van der Waals surface area (Å²) in [5.74, 6) is 0. The van der Waals surface area contributed by atoms with Gasteiger partial charge >= 0.3 is 0 Å². The van der Waals surface area contributed by atoms with Gasteiger partial charge in [-0.2, -0.15) is 10.2 Å². The maximum absolute atomic E-state index is 4.16. The zero-order chi connectivity index (χ0) is 13.8. The van der Waals surface area contributed by atoms with Crippen molar-refractivity contribution in [2.75, 3.05) is 5.32 Å². The molecule has 0 spiro atoms. The molecule has 0 bridgehead atoms. The number of hydrogen-bond donors (Lipinski definition) is 1. The molecule has 3 nitrogen and oxygen atoms in total. The van der Waals surface area contributed by atoms with Crippen molar-refractivity contribution >= 4 is 16.6 Å². The second-order valence-corrected chi connectivity index (χ2v) is 4.79. The van der Waals surface area contributed by atoms with Gasteiger partial charge in [-0.15, -0.1) is 0 Å². The highest BCUT2D eigenvalue weighted by molar-refractivity contribution is 5.90. The van der Waals surface area contributed by atoms with E-state index in [1.807, 2.05) is 24.3 Å². The maximum atomic E-state index is 4.16. The Labute approximate surface area is 118 Å². The largest absolute Gasteiger partial charge is 0.376 e. The van der Waals surface area contributed by atoms with E-state index in [0.717, 1.165) is 23.0 Å². The molecule has 1 heterocycles. The molecule has 1 aromatic heterocycles. The highest BCUT2D eigenvalue weighted by Crippen LogP contribution is 2.26. The van der Waals surface area contributed by atoms with E-state index in [9.17, 15) is 0 Å². The van der Waals surface area contributed by atoms with Crippen molar-refractivity contribution in [1.82, 2.24) is 10.2 Å². The normalized spacial score (nSPS) is 12.2. The van der Waals surface area contributed by atoms with Gasteiger partial charge in [0.05, 0.1) is 23.4 Å². The lowest BCUT2D eigenvalue weighted by atomic mass is 10.0. The van der Waals surface area contributed by atoms with Crippen LogP contribution in [0, 0.1) is 0 Å². The minimum Gasteiger partial charge on any atom is -0.376 e. The number of hydrogen-bond acceptors (Lipinski definition) is 3. The molecule has 3 rings (SSSR count). The van der Waals surface area contributed by atoms with Crippen LogP contribution in [0.5, 0.6) is 0 Å². The van der Waals surface area contributed by atoms with Crippen LogP contribution in [0.2, 0.25) is 0 Å². The first-order valence-corrected chi connectivity index (χ1v) is 6.90. The van der Waals surface area contributed by atoms with Gasteiger partial charge in [0, 0.05) is 5.39 Å². The van der Waals surface area contributed by atoms with Crippen molar-refractivity contribution in [3.05, 3.63) is 66.4 Å². The molecule has 0 fully saturated rings. The van der Waals surface area contributed by atoms with E-state index in [4.69, 9.17) is 0 Å². The van der Waals surface area contributed by atoms with E-state index in [2.05, 4.69) is 52.8 Å². The van der Waals surface area contributed by atoms with Crippen LogP contribution in [0.1, 0.15) is 24.9 Å². The van der Waals surface area contributed by atoms with Gasteiger partial charge in [-0.25, -0.2) is 0 Å². The molecule has 3 heteroatoms.